The normalized spacial score (nSPS) is 37.4. The standard InChI is InChI=1S/C32H42N2/c1-30(2,3)34-25-12-15-31(4)24(19-25)8-9-26-28-11-10-27(32(28,5)16-13-29(26)31)22-7-6-21-14-17-33-20-23(21)18-22/h6-8,10,14,17-18,20,25-26,28-29,34H,9,11-13,15-16,19H2,1-5H3/t25-,26+,28+,29+,31+,32-/m1/s1. The van der Waals surface area contributed by atoms with Crippen molar-refractivity contribution in [3.8, 4) is 0 Å². The first kappa shape index (κ1) is 22.5. The van der Waals surface area contributed by atoms with Gasteiger partial charge in [0.15, 0.2) is 0 Å². The minimum atomic E-state index is 0.202. The highest BCUT2D eigenvalue weighted by Gasteiger charge is 2.56. The highest BCUT2D eigenvalue weighted by atomic mass is 15.0. The lowest BCUT2D eigenvalue weighted by Gasteiger charge is -2.58. The van der Waals surface area contributed by atoms with Crippen LogP contribution in [-0.2, 0) is 0 Å². The highest BCUT2D eigenvalue weighted by molar-refractivity contribution is 5.86. The first-order valence-corrected chi connectivity index (χ1v) is 13.7. The van der Waals surface area contributed by atoms with Crippen molar-refractivity contribution in [1.82, 2.24) is 10.3 Å². The molecule has 0 unspecified atom stereocenters. The summed E-state index contributed by atoms with van der Waals surface area (Å²) in [5.74, 6) is 2.47. The number of fused-ring (bicyclic) bond motifs is 6. The van der Waals surface area contributed by atoms with Gasteiger partial charge in [-0.2, -0.15) is 0 Å². The molecule has 4 aliphatic rings. The Morgan fingerprint density at radius 3 is 2.56 bits per heavy atom. The average Bonchev–Trinajstić information content (AvgIpc) is 3.15. The third-order valence-electron chi connectivity index (χ3n) is 10.3. The maximum Gasteiger partial charge on any atom is 0.0346 e. The van der Waals surface area contributed by atoms with Gasteiger partial charge in [0.05, 0.1) is 0 Å². The zero-order valence-electron chi connectivity index (χ0n) is 21.8. The zero-order valence-corrected chi connectivity index (χ0v) is 21.8. The Morgan fingerprint density at radius 2 is 1.74 bits per heavy atom. The molecule has 2 fully saturated rings. The van der Waals surface area contributed by atoms with Crippen LogP contribution in [0.2, 0.25) is 0 Å². The van der Waals surface area contributed by atoms with Crippen LogP contribution in [0.15, 0.2) is 54.4 Å². The molecule has 0 bridgehead atoms. The number of aromatic nitrogens is 1. The van der Waals surface area contributed by atoms with E-state index in [1.165, 1.54) is 61.3 Å². The van der Waals surface area contributed by atoms with Crippen LogP contribution >= 0.6 is 0 Å². The van der Waals surface area contributed by atoms with Crippen LogP contribution in [0.4, 0.5) is 0 Å². The number of pyridine rings is 1. The molecule has 0 saturated heterocycles. The average molecular weight is 455 g/mol. The van der Waals surface area contributed by atoms with Crippen molar-refractivity contribution in [3.05, 3.63) is 59.9 Å². The fourth-order valence-electron chi connectivity index (χ4n) is 8.66. The second-order valence-corrected chi connectivity index (χ2v) is 13.3. The van der Waals surface area contributed by atoms with E-state index < -0.39 is 0 Å². The quantitative estimate of drug-likeness (QED) is 0.466. The highest BCUT2D eigenvalue weighted by Crippen LogP contribution is 2.66. The van der Waals surface area contributed by atoms with E-state index in [0.29, 0.717) is 16.9 Å². The maximum absolute atomic E-state index is 4.37. The number of nitrogens with one attached hydrogen (secondary N) is 1. The van der Waals surface area contributed by atoms with Crippen molar-refractivity contribution in [2.45, 2.75) is 91.1 Å². The molecule has 0 radical (unpaired) electrons. The van der Waals surface area contributed by atoms with Crippen molar-refractivity contribution in [3.63, 3.8) is 0 Å². The lowest BCUT2D eigenvalue weighted by molar-refractivity contribution is -0.0132. The molecule has 34 heavy (non-hydrogen) atoms. The van der Waals surface area contributed by atoms with Gasteiger partial charge in [-0.1, -0.05) is 43.7 Å². The third-order valence-corrected chi connectivity index (χ3v) is 10.3. The first-order valence-electron chi connectivity index (χ1n) is 13.7. The number of rotatable bonds is 2. The van der Waals surface area contributed by atoms with Crippen molar-refractivity contribution in [2.75, 3.05) is 0 Å². The lowest BCUT2D eigenvalue weighted by Crippen LogP contribution is -2.52. The van der Waals surface area contributed by atoms with Gasteiger partial charge in [0, 0.05) is 29.4 Å². The molecule has 6 atom stereocenters. The molecule has 0 spiro atoms. The van der Waals surface area contributed by atoms with Crippen molar-refractivity contribution < 1.29 is 0 Å². The summed E-state index contributed by atoms with van der Waals surface area (Å²) in [6.07, 6.45) is 18.4. The minimum absolute atomic E-state index is 0.202. The van der Waals surface area contributed by atoms with Crippen LogP contribution in [0.1, 0.15) is 85.1 Å². The van der Waals surface area contributed by atoms with Crippen molar-refractivity contribution in [1.29, 1.82) is 0 Å². The van der Waals surface area contributed by atoms with E-state index in [1.807, 2.05) is 12.4 Å². The van der Waals surface area contributed by atoms with Gasteiger partial charge in [-0.25, -0.2) is 0 Å². The van der Waals surface area contributed by atoms with Crippen LogP contribution in [-0.4, -0.2) is 16.6 Å². The molecule has 2 saturated carbocycles. The molecule has 1 aromatic heterocycles. The summed E-state index contributed by atoms with van der Waals surface area (Å²) in [6, 6.07) is 9.80. The molecule has 1 N–H and O–H groups in total. The van der Waals surface area contributed by atoms with Gasteiger partial charge in [0.1, 0.15) is 0 Å². The van der Waals surface area contributed by atoms with Gasteiger partial charge in [-0.05, 0) is 123 Å². The van der Waals surface area contributed by atoms with Crippen molar-refractivity contribution >= 4 is 16.3 Å². The van der Waals surface area contributed by atoms with Crippen LogP contribution in [0.5, 0.6) is 0 Å². The van der Waals surface area contributed by atoms with E-state index in [4.69, 9.17) is 0 Å². The molecule has 1 heterocycles. The Hall–Kier alpha value is -1.93. The molecule has 0 amide bonds. The Kier molecular flexibility index (Phi) is 5.16. The van der Waals surface area contributed by atoms with Crippen molar-refractivity contribution in [2.24, 2.45) is 28.6 Å². The number of allylic oxidation sites excluding steroid dienone is 3. The van der Waals surface area contributed by atoms with E-state index in [-0.39, 0.29) is 5.54 Å². The summed E-state index contributed by atoms with van der Waals surface area (Å²) in [7, 11) is 0. The largest absolute Gasteiger partial charge is 0.309 e. The number of benzene rings is 1. The van der Waals surface area contributed by atoms with E-state index in [9.17, 15) is 0 Å². The van der Waals surface area contributed by atoms with Gasteiger partial charge in [-0.15, -0.1) is 0 Å². The summed E-state index contributed by atoms with van der Waals surface area (Å²) >= 11 is 0. The molecular weight excluding hydrogens is 412 g/mol. The topological polar surface area (TPSA) is 24.9 Å². The summed E-state index contributed by atoms with van der Waals surface area (Å²) in [6.45, 7) is 12.2. The smallest absolute Gasteiger partial charge is 0.0346 e. The molecule has 2 heteroatoms. The molecule has 2 aromatic rings. The molecule has 180 valence electrons. The Morgan fingerprint density at radius 1 is 0.912 bits per heavy atom. The molecule has 2 nitrogen and oxygen atoms in total. The van der Waals surface area contributed by atoms with Gasteiger partial charge in [0.2, 0.25) is 0 Å². The van der Waals surface area contributed by atoms with Gasteiger partial charge in [0.25, 0.3) is 0 Å². The fourth-order valence-corrected chi connectivity index (χ4v) is 8.66. The summed E-state index contributed by atoms with van der Waals surface area (Å²) < 4.78 is 0. The number of hydrogen-bond acceptors (Lipinski definition) is 2. The molecular formula is C32H42N2. The van der Waals surface area contributed by atoms with Crippen LogP contribution in [0.3, 0.4) is 0 Å². The van der Waals surface area contributed by atoms with Gasteiger partial charge < -0.3 is 5.32 Å². The Bertz CT molecular complexity index is 1170. The SMILES string of the molecule is CC(C)(C)N[C@@H]1CC[C@@]2(C)C(=CC[C@@H]3[C@@H]2CC[C@]2(C)C(c4ccc5ccncc5c4)=CC[C@@H]32)C1. The molecule has 1 aromatic carbocycles. The predicted octanol–water partition coefficient (Wildman–Crippen LogP) is 7.95. The minimum Gasteiger partial charge on any atom is -0.309 e. The van der Waals surface area contributed by atoms with E-state index in [0.717, 1.165) is 17.8 Å². The number of hydrogen-bond donors (Lipinski definition) is 1. The fraction of sp³-hybridized carbons (Fsp3) is 0.594. The summed E-state index contributed by atoms with van der Waals surface area (Å²) in [5, 5.41) is 6.46. The molecule has 6 rings (SSSR count). The zero-order chi connectivity index (χ0) is 23.7. The maximum atomic E-state index is 4.37. The third kappa shape index (κ3) is 3.51. The molecule has 0 aliphatic heterocycles. The van der Waals surface area contributed by atoms with Crippen LogP contribution < -0.4 is 5.32 Å². The van der Waals surface area contributed by atoms with E-state index in [2.05, 4.69) is 81.3 Å². The summed E-state index contributed by atoms with van der Waals surface area (Å²) in [5.41, 5.74) is 5.74. The van der Waals surface area contributed by atoms with E-state index >= 15 is 0 Å². The van der Waals surface area contributed by atoms with E-state index in [1.54, 1.807) is 11.1 Å². The molecule has 4 aliphatic carbocycles. The first-order chi connectivity index (χ1) is 16.2. The summed E-state index contributed by atoms with van der Waals surface area (Å²) in [4.78, 5) is 4.37. The Balaban J connectivity index is 1.26. The Labute approximate surface area is 206 Å². The second-order valence-electron chi connectivity index (χ2n) is 13.3. The number of nitrogens with zero attached hydrogens (tertiary/aromatic N) is 1. The van der Waals surface area contributed by atoms with Gasteiger partial charge in [-0.3, -0.25) is 4.98 Å². The second kappa shape index (κ2) is 7.79. The monoisotopic (exact) mass is 454 g/mol. The van der Waals surface area contributed by atoms with Gasteiger partial charge >= 0.3 is 0 Å². The predicted molar refractivity (Wildman–Crippen MR) is 143 cm³/mol. The lowest BCUT2D eigenvalue weighted by atomic mass is 9.47. The van der Waals surface area contributed by atoms with Crippen LogP contribution in [0.25, 0.3) is 16.3 Å². The van der Waals surface area contributed by atoms with Crippen LogP contribution in [0, 0.1) is 28.6 Å².